The SMILES string of the molecule is C=C(C)C(=O)N(C(=O)C(=C)C)C1=C(/C=C/C2N(C)c3ccccc3C2(C)C)CC/C1=C\C=C1\N(C)c2ccccc2C1(C)C. The second-order valence-electron chi connectivity index (χ2n) is 13.5. The zero-order valence-corrected chi connectivity index (χ0v) is 27.5. The Balaban J connectivity index is 1.63. The van der Waals surface area contributed by atoms with Crippen LogP contribution in [0.15, 0.2) is 120 Å². The highest BCUT2D eigenvalue weighted by molar-refractivity contribution is 6.11. The first-order chi connectivity index (χ1) is 20.7. The largest absolute Gasteiger partial charge is 0.367 e. The van der Waals surface area contributed by atoms with E-state index in [-0.39, 0.29) is 16.9 Å². The van der Waals surface area contributed by atoms with E-state index < -0.39 is 11.8 Å². The summed E-state index contributed by atoms with van der Waals surface area (Å²) in [6, 6.07) is 17.1. The predicted octanol–water partition coefficient (Wildman–Crippen LogP) is 8.13. The highest BCUT2D eigenvalue weighted by Crippen LogP contribution is 2.48. The number of imide groups is 1. The van der Waals surface area contributed by atoms with E-state index in [9.17, 15) is 9.59 Å². The Kier molecular flexibility index (Phi) is 7.96. The molecule has 0 radical (unpaired) electrons. The van der Waals surface area contributed by atoms with Crippen LogP contribution < -0.4 is 9.80 Å². The molecular weight excluding hydrogens is 542 g/mol. The summed E-state index contributed by atoms with van der Waals surface area (Å²) in [5.41, 5.74) is 9.01. The van der Waals surface area contributed by atoms with Crippen molar-refractivity contribution >= 4 is 23.2 Å². The number of hydrogen-bond acceptors (Lipinski definition) is 4. The van der Waals surface area contributed by atoms with Crippen LogP contribution in [0.25, 0.3) is 0 Å². The Labute approximate surface area is 263 Å². The highest BCUT2D eigenvalue weighted by atomic mass is 16.2. The average Bonchev–Trinajstić information content (AvgIpc) is 3.53. The van der Waals surface area contributed by atoms with Gasteiger partial charge in [-0.25, -0.2) is 4.90 Å². The van der Waals surface area contributed by atoms with Crippen molar-refractivity contribution in [3.63, 3.8) is 0 Å². The van der Waals surface area contributed by atoms with Crippen LogP contribution in [0.3, 0.4) is 0 Å². The molecule has 2 aromatic rings. The van der Waals surface area contributed by atoms with Gasteiger partial charge in [0.05, 0.1) is 11.7 Å². The molecule has 5 heteroatoms. The van der Waals surface area contributed by atoms with E-state index in [2.05, 4.69) is 138 Å². The number of nitrogens with zero attached hydrogens (tertiary/aromatic N) is 3. The minimum Gasteiger partial charge on any atom is -0.367 e. The Hall–Kier alpha value is -4.38. The van der Waals surface area contributed by atoms with Crippen LogP contribution in [-0.2, 0) is 20.4 Å². The van der Waals surface area contributed by atoms with E-state index in [1.165, 1.54) is 27.4 Å². The third kappa shape index (κ3) is 4.98. The maximum atomic E-state index is 13.6. The zero-order valence-electron chi connectivity index (χ0n) is 27.5. The number of hydrogen-bond donors (Lipinski definition) is 0. The lowest BCUT2D eigenvalue weighted by Crippen LogP contribution is -2.38. The molecule has 0 aromatic heterocycles. The lowest BCUT2D eigenvalue weighted by Gasteiger charge is -2.30. The van der Waals surface area contributed by atoms with E-state index in [0.717, 1.165) is 16.8 Å². The first kappa shape index (κ1) is 31.1. The van der Waals surface area contributed by atoms with Crippen molar-refractivity contribution < 1.29 is 9.59 Å². The number of amides is 2. The maximum absolute atomic E-state index is 13.6. The third-order valence-electron chi connectivity index (χ3n) is 9.63. The van der Waals surface area contributed by atoms with Gasteiger partial charge in [-0.05, 0) is 67.2 Å². The highest BCUT2D eigenvalue weighted by Gasteiger charge is 2.42. The summed E-state index contributed by atoms with van der Waals surface area (Å²) in [7, 11) is 4.22. The van der Waals surface area contributed by atoms with Crippen LogP contribution in [0, 0.1) is 0 Å². The van der Waals surface area contributed by atoms with Gasteiger partial charge in [-0.1, -0.05) is 95.5 Å². The van der Waals surface area contributed by atoms with Gasteiger partial charge in [0.2, 0.25) is 0 Å². The van der Waals surface area contributed by atoms with Crippen LogP contribution in [0.5, 0.6) is 0 Å². The summed E-state index contributed by atoms with van der Waals surface area (Å²) in [5.74, 6) is -0.813. The van der Waals surface area contributed by atoms with Crippen molar-refractivity contribution in [1.29, 1.82) is 0 Å². The summed E-state index contributed by atoms with van der Waals surface area (Å²) in [6.45, 7) is 20.1. The van der Waals surface area contributed by atoms with Crippen LogP contribution in [-0.4, -0.2) is 36.9 Å². The van der Waals surface area contributed by atoms with Crippen molar-refractivity contribution in [2.24, 2.45) is 0 Å². The van der Waals surface area contributed by atoms with E-state index in [1.807, 2.05) is 0 Å². The fraction of sp³-hybridized carbons (Fsp3) is 0.333. The first-order valence-corrected chi connectivity index (χ1v) is 15.4. The zero-order chi connectivity index (χ0) is 32.1. The van der Waals surface area contributed by atoms with Crippen molar-refractivity contribution in [2.75, 3.05) is 23.9 Å². The fourth-order valence-electron chi connectivity index (χ4n) is 7.18. The molecule has 228 valence electrons. The molecule has 0 N–H and O–H groups in total. The molecule has 0 bridgehead atoms. The van der Waals surface area contributed by atoms with Crippen molar-refractivity contribution in [3.05, 3.63) is 131 Å². The predicted molar refractivity (Wildman–Crippen MR) is 183 cm³/mol. The number of carbonyl (C=O) groups excluding carboxylic acids is 2. The monoisotopic (exact) mass is 587 g/mol. The second-order valence-corrected chi connectivity index (χ2v) is 13.5. The first-order valence-electron chi connectivity index (χ1n) is 15.4. The van der Waals surface area contributed by atoms with E-state index >= 15 is 0 Å². The molecular formula is C39H45N3O2. The van der Waals surface area contributed by atoms with Gasteiger partial charge in [0.1, 0.15) is 0 Å². The molecule has 0 saturated heterocycles. The molecule has 2 aliphatic heterocycles. The molecule has 5 nitrogen and oxygen atoms in total. The van der Waals surface area contributed by atoms with Gasteiger partial charge < -0.3 is 9.80 Å². The summed E-state index contributed by atoms with van der Waals surface area (Å²) in [6.07, 6.45) is 10.0. The second kappa shape index (κ2) is 11.3. The van der Waals surface area contributed by atoms with E-state index in [1.54, 1.807) is 13.8 Å². The number of likely N-dealkylation sites (N-methyl/N-ethyl adjacent to an activating group) is 2. The number of para-hydroxylation sites is 2. The quantitative estimate of drug-likeness (QED) is 0.320. The third-order valence-corrected chi connectivity index (χ3v) is 9.63. The maximum Gasteiger partial charge on any atom is 0.260 e. The van der Waals surface area contributed by atoms with Gasteiger partial charge in [-0.2, -0.15) is 0 Å². The van der Waals surface area contributed by atoms with Crippen molar-refractivity contribution in [3.8, 4) is 0 Å². The lowest BCUT2D eigenvalue weighted by atomic mass is 9.80. The van der Waals surface area contributed by atoms with Gasteiger partial charge in [0.25, 0.3) is 11.8 Å². The molecule has 2 heterocycles. The molecule has 0 saturated carbocycles. The normalized spacial score (nSPS) is 21.8. The van der Waals surface area contributed by atoms with Crippen LogP contribution in [0.2, 0.25) is 0 Å². The van der Waals surface area contributed by atoms with Crippen LogP contribution in [0.4, 0.5) is 11.4 Å². The van der Waals surface area contributed by atoms with Gasteiger partial charge in [0, 0.05) is 53.1 Å². The van der Waals surface area contributed by atoms with Gasteiger partial charge in [-0.15, -0.1) is 0 Å². The molecule has 5 rings (SSSR count). The minimum atomic E-state index is -0.407. The van der Waals surface area contributed by atoms with E-state index in [0.29, 0.717) is 29.7 Å². The number of fused-ring (bicyclic) bond motifs is 2. The summed E-state index contributed by atoms with van der Waals surface area (Å²) >= 11 is 0. The Morgan fingerprint density at radius 3 is 1.98 bits per heavy atom. The Morgan fingerprint density at radius 2 is 1.41 bits per heavy atom. The topological polar surface area (TPSA) is 43.9 Å². The summed E-state index contributed by atoms with van der Waals surface area (Å²) < 4.78 is 0. The van der Waals surface area contributed by atoms with Crippen molar-refractivity contribution in [2.45, 2.75) is 71.3 Å². The number of anilines is 2. The van der Waals surface area contributed by atoms with Crippen molar-refractivity contribution in [1.82, 2.24) is 4.90 Å². The standard InChI is InChI=1S/C39H45N3O2/c1-25(2)36(43)42(37(44)26(3)4)35-27(21-23-33-38(5,6)29-15-11-13-17-31(29)40(33)9)19-20-28(35)22-24-34-39(7,8)30-16-12-14-18-32(30)41(34)10/h11-18,21-24,33H,1,3,19-20H2,2,4-10H3/b23-21+,28-22+,34-24+. The molecule has 2 aromatic carbocycles. The number of rotatable bonds is 6. The minimum absolute atomic E-state index is 0.109. The summed E-state index contributed by atoms with van der Waals surface area (Å²) in [5, 5.41) is 0. The molecule has 44 heavy (non-hydrogen) atoms. The fourth-order valence-corrected chi connectivity index (χ4v) is 7.18. The lowest BCUT2D eigenvalue weighted by molar-refractivity contribution is -0.137. The number of carbonyl (C=O) groups is 2. The molecule has 0 spiro atoms. The van der Waals surface area contributed by atoms with Crippen LogP contribution >= 0.6 is 0 Å². The smallest absolute Gasteiger partial charge is 0.260 e. The molecule has 3 aliphatic rings. The Morgan fingerprint density at radius 1 is 0.841 bits per heavy atom. The number of allylic oxidation sites excluding steroid dienone is 6. The average molecular weight is 588 g/mol. The van der Waals surface area contributed by atoms with Gasteiger partial charge >= 0.3 is 0 Å². The molecule has 2 amide bonds. The molecule has 1 atom stereocenters. The summed E-state index contributed by atoms with van der Waals surface area (Å²) in [4.78, 5) is 33.1. The molecule has 1 unspecified atom stereocenters. The van der Waals surface area contributed by atoms with E-state index in [4.69, 9.17) is 0 Å². The molecule has 0 fully saturated rings. The molecule has 1 aliphatic carbocycles. The Bertz CT molecular complexity index is 1670. The van der Waals surface area contributed by atoms with Crippen LogP contribution in [0.1, 0.15) is 65.5 Å². The number of benzene rings is 2. The van der Waals surface area contributed by atoms with Gasteiger partial charge in [0.15, 0.2) is 0 Å². The van der Waals surface area contributed by atoms with Gasteiger partial charge in [-0.3, -0.25) is 9.59 Å².